The van der Waals surface area contributed by atoms with E-state index in [1.165, 1.54) is 11.6 Å². The van der Waals surface area contributed by atoms with Crippen molar-refractivity contribution in [2.45, 2.75) is 39.4 Å². The summed E-state index contributed by atoms with van der Waals surface area (Å²) in [5.74, 6) is -0.138. The van der Waals surface area contributed by atoms with Crippen LogP contribution >= 0.6 is 0 Å². The molecule has 1 heterocycles. The van der Waals surface area contributed by atoms with Gasteiger partial charge < -0.3 is 5.32 Å². The third-order valence-electron chi connectivity index (χ3n) is 3.68. The highest BCUT2D eigenvalue weighted by Gasteiger charge is 2.24. The zero-order chi connectivity index (χ0) is 12.4. The lowest BCUT2D eigenvalue weighted by Crippen LogP contribution is -2.54. The molecule has 0 bridgehead atoms. The Labute approximate surface area is 103 Å². The van der Waals surface area contributed by atoms with Crippen molar-refractivity contribution in [2.75, 3.05) is 13.1 Å². The minimum Gasteiger partial charge on any atom is -0.314 e. The first-order chi connectivity index (χ1) is 8.08. The number of halogens is 1. The van der Waals surface area contributed by atoms with Crippen molar-refractivity contribution in [1.29, 1.82) is 0 Å². The summed E-state index contributed by atoms with van der Waals surface area (Å²) in [6.45, 7) is 9.35. The molecule has 0 amide bonds. The van der Waals surface area contributed by atoms with Gasteiger partial charge in [0.05, 0.1) is 0 Å². The predicted octanol–water partition coefficient (Wildman–Crippen LogP) is 2.32. The number of benzene rings is 1. The molecule has 0 aromatic heterocycles. The van der Waals surface area contributed by atoms with E-state index in [4.69, 9.17) is 0 Å². The van der Waals surface area contributed by atoms with Gasteiger partial charge in [-0.25, -0.2) is 4.39 Å². The highest BCUT2D eigenvalue weighted by atomic mass is 19.1. The standard InChI is InChI=1S/C14H21FN2/c1-10-4-5-14(15)6-13(10)9-17-11(2)7-16-8-12(17)3/h4-6,11-12,16H,7-9H2,1-3H3. The van der Waals surface area contributed by atoms with Gasteiger partial charge in [0.1, 0.15) is 5.82 Å². The van der Waals surface area contributed by atoms with Crippen LogP contribution in [0.4, 0.5) is 4.39 Å². The first kappa shape index (κ1) is 12.5. The molecule has 1 aromatic rings. The molecule has 3 heteroatoms. The summed E-state index contributed by atoms with van der Waals surface area (Å²) in [5.41, 5.74) is 2.27. The van der Waals surface area contributed by atoms with Crippen LogP contribution in [-0.2, 0) is 6.54 Å². The highest BCUT2D eigenvalue weighted by Crippen LogP contribution is 2.18. The number of nitrogens with zero attached hydrogens (tertiary/aromatic N) is 1. The van der Waals surface area contributed by atoms with Gasteiger partial charge in [0, 0.05) is 31.7 Å². The molecule has 0 spiro atoms. The molecule has 2 rings (SSSR count). The lowest BCUT2D eigenvalue weighted by Gasteiger charge is -2.39. The Kier molecular flexibility index (Phi) is 3.79. The predicted molar refractivity (Wildman–Crippen MR) is 68.5 cm³/mol. The van der Waals surface area contributed by atoms with Crippen LogP contribution in [-0.4, -0.2) is 30.1 Å². The average Bonchev–Trinajstić information content (AvgIpc) is 2.28. The minimum absolute atomic E-state index is 0.138. The third-order valence-corrected chi connectivity index (χ3v) is 3.68. The number of rotatable bonds is 2. The van der Waals surface area contributed by atoms with Crippen LogP contribution in [0.15, 0.2) is 18.2 Å². The van der Waals surface area contributed by atoms with E-state index in [0.717, 1.165) is 25.2 Å². The van der Waals surface area contributed by atoms with Crippen LogP contribution in [0.1, 0.15) is 25.0 Å². The summed E-state index contributed by atoms with van der Waals surface area (Å²) < 4.78 is 13.3. The zero-order valence-electron chi connectivity index (χ0n) is 10.8. The third kappa shape index (κ3) is 2.85. The van der Waals surface area contributed by atoms with Crippen molar-refractivity contribution in [3.63, 3.8) is 0 Å². The minimum atomic E-state index is -0.138. The Morgan fingerprint density at radius 3 is 2.59 bits per heavy atom. The first-order valence-electron chi connectivity index (χ1n) is 6.29. The monoisotopic (exact) mass is 236 g/mol. The lowest BCUT2D eigenvalue weighted by molar-refractivity contribution is 0.108. The van der Waals surface area contributed by atoms with Crippen LogP contribution in [0.3, 0.4) is 0 Å². The number of piperazine rings is 1. The summed E-state index contributed by atoms with van der Waals surface area (Å²) in [4.78, 5) is 2.44. The van der Waals surface area contributed by atoms with E-state index in [9.17, 15) is 4.39 Å². The Hall–Kier alpha value is -0.930. The van der Waals surface area contributed by atoms with Crippen LogP contribution in [0, 0.1) is 12.7 Å². The maximum atomic E-state index is 13.3. The zero-order valence-corrected chi connectivity index (χ0v) is 10.8. The van der Waals surface area contributed by atoms with Gasteiger partial charge in [-0.1, -0.05) is 6.07 Å². The molecule has 1 fully saturated rings. The van der Waals surface area contributed by atoms with Gasteiger partial charge in [0.25, 0.3) is 0 Å². The number of hydrogen-bond acceptors (Lipinski definition) is 2. The summed E-state index contributed by atoms with van der Waals surface area (Å²) in [5, 5.41) is 3.41. The van der Waals surface area contributed by atoms with E-state index in [2.05, 4.69) is 24.1 Å². The van der Waals surface area contributed by atoms with E-state index in [1.807, 2.05) is 13.0 Å². The molecule has 1 aliphatic rings. The van der Waals surface area contributed by atoms with E-state index in [1.54, 1.807) is 6.07 Å². The Morgan fingerprint density at radius 2 is 1.94 bits per heavy atom. The van der Waals surface area contributed by atoms with Crippen molar-refractivity contribution in [3.8, 4) is 0 Å². The summed E-state index contributed by atoms with van der Waals surface area (Å²) >= 11 is 0. The van der Waals surface area contributed by atoms with Crippen LogP contribution in [0.25, 0.3) is 0 Å². The molecule has 17 heavy (non-hydrogen) atoms. The summed E-state index contributed by atoms with van der Waals surface area (Å²) in [7, 11) is 0. The van der Waals surface area contributed by atoms with Gasteiger partial charge >= 0.3 is 0 Å². The molecule has 1 saturated heterocycles. The second-order valence-corrected chi connectivity index (χ2v) is 5.10. The fourth-order valence-corrected chi connectivity index (χ4v) is 2.49. The molecule has 2 nitrogen and oxygen atoms in total. The smallest absolute Gasteiger partial charge is 0.123 e. The molecular weight excluding hydrogens is 215 g/mol. The maximum Gasteiger partial charge on any atom is 0.123 e. The first-order valence-corrected chi connectivity index (χ1v) is 6.29. The van der Waals surface area contributed by atoms with Gasteiger partial charge in [0.2, 0.25) is 0 Å². The van der Waals surface area contributed by atoms with Crippen molar-refractivity contribution in [1.82, 2.24) is 10.2 Å². The van der Waals surface area contributed by atoms with Crippen molar-refractivity contribution in [3.05, 3.63) is 35.1 Å². The van der Waals surface area contributed by atoms with Gasteiger partial charge in [0.15, 0.2) is 0 Å². The average molecular weight is 236 g/mol. The van der Waals surface area contributed by atoms with E-state index >= 15 is 0 Å². The van der Waals surface area contributed by atoms with Gasteiger partial charge in [-0.05, 0) is 44.0 Å². The molecule has 0 aliphatic carbocycles. The molecule has 94 valence electrons. The molecule has 1 N–H and O–H groups in total. The molecular formula is C14H21FN2. The van der Waals surface area contributed by atoms with Crippen molar-refractivity contribution < 1.29 is 4.39 Å². The van der Waals surface area contributed by atoms with Crippen LogP contribution in [0.5, 0.6) is 0 Å². The topological polar surface area (TPSA) is 15.3 Å². The Morgan fingerprint density at radius 1 is 1.29 bits per heavy atom. The summed E-state index contributed by atoms with van der Waals surface area (Å²) in [6, 6.07) is 6.06. The van der Waals surface area contributed by atoms with Crippen molar-refractivity contribution in [2.24, 2.45) is 0 Å². The molecule has 1 aromatic carbocycles. The number of aryl methyl sites for hydroxylation is 1. The normalized spacial score (nSPS) is 26.1. The SMILES string of the molecule is Cc1ccc(F)cc1CN1C(C)CNCC1C. The molecule has 1 aliphatic heterocycles. The van der Waals surface area contributed by atoms with Gasteiger partial charge in [-0.15, -0.1) is 0 Å². The van der Waals surface area contributed by atoms with Gasteiger partial charge in [-0.2, -0.15) is 0 Å². The second kappa shape index (κ2) is 5.15. The largest absolute Gasteiger partial charge is 0.314 e. The quantitative estimate of drug-likeness (QED) is 0.847. The lowest BCUT2D eigenvalue weighted by atomic mass is 10.0. The molecule has 0 radical (unpaired) electrons. The van der Waals surface area contributed by atoms with Crippen molar-refractivity contribution >= 4 is 0 Å². The van der Waals surface area contributed by atoms with E-state index < -0.39 is 0 Å². The van der Waals surface area contributed by atoms with Crippen LogP contribution < -0.4 is 5.32 Å². The number of hydrogen-bond donors (Lipinski definition) is 1. The van der Waals surface area contributed by atoms with E-state index in [-0.39, 0.29) is 5.82 Å². The fraction of sp³-hybridized carbons (Fsp3) is 0.571. The molecule has 2 unspecified atom stereocenters. The number of nitrogens with one attached hydrogen (secondary N) is 1. The van der Waals surface area contributed by atoms with Gasteiger partial charge in [-0.3, -0.25) is 4.90 Å². The maximum absolute atomic E-state index is 13.3. The Balaban J connectivity index is 2.16. The molecule has 2 atom stereocenters. The van der Waals surface area contributed by atoms with E-state index in [0.29, 0.717) is 12.1 Å². The Bertz CT molecular complexity index is 382. The fourth-order valence-electron chi connectivity index (χ4n) is 2.49. The van der Waals surface area contributed by atoms with Crippen LogP contribution in [0.2, 0.25) is 0 Å². The summed E-state index contributed by atoms with van der Waals surface area (Å²) in [6.07, 6.45) is 0. The second-order valence-electron chi connectivity index (χ2n) is 5.10. The highest BCUT2D eigenvalue weighted by molar-refractivity contribution is 5.26. The molecule has 0 saturated carbocycles.